The summed E-state index contributed by atoms with van der Waals surface area (Å²) in [6.07, 6.45) is 3.24. The highest BCUT2D eigenvalue weighted by Gasteiger charge is 2.21. The van der Waals surface area contributed by atoms with Gasteiger partial charge >= 0.3 is 5.97 Å². The van der Waals surface area contributed by atoms with Crippen LogP contribution in [0.3, 0.4) is 0 Å². The van der Waals surface area contributed by atoms with Crippen molar-refractivity contribution in [1.29, 1.82) is 0 Å². The van der Waals surface area contributed by atoms with Crippen molar-refractivity contribution < 1.29 is 14.3 Å². The number of aromatic carboxylic acids is 1. The lowest BCUT2D eigenvalue weighted by molar-refractivity contribution is 0.0691. The van der Waals surface area contributed by atoms with Gasteiger partial charge in [0.2, 0.25) is 5.13 Å². The van der Waals surface area contributed by atoms with E-state index in [4.69, 9.17) is 14.6 Å². The Labute approximate surface area is 147 Å². The number of carboxylic acid groups (broad SMARTS) is 1. The lowest BCUT2D eigenvalue weighted by atomic mass is 10.0. The molecule has 0 saturated carbocycles. The molecule has 1 aromatic carbocycles. The molecule has 0 aliphatic heterocycles. The SMILES string of the molecule is Cc1c(-c2ccccc2)nn(-c2nc(C(=O)O)cs2)c1-c1ccoc1. The summed E-state index contributed by atoms with van der Waals surface area (Å²) in [5.74, 6) is -1.06. The van der Waals surface area contributed by atoms with Gasteiger partial charge in [0.05, 0.1) is 23.9 Å². The predicted octanol–water partition coefficient (Wildman–Crippen LogP) is 4.26. The van der Waals surface area contributed by atoms with Crippen LogP contribution in [0.25, 0.3) is 27.6 Å². The standard InChI is InChI=1S/C18H13N3O3S/c1-11-15(12-5-3-2-4-6-12)20-21(16(11)13-7-8-24-9-13)18-19-14(10-25-18)17(22)23/h2-10H,1H3,(H,22,23). The second-order valence-electron chi connectivity index (χ2n) is 5.43. The second kappa shape index (κ2) is 6.03. The highest BCUT2D eigenvalue weighted by molar-refractivity contribution is 7.12. The van der Waals surface area contributed by atoms with Crippen molar-refractivity contribution >= 4 is 17.3 Å². The normalized spacial score (nSPS) is 10.9. The summed E-state index contributed by atoms with van der Waals surface area (Å²) in [4.78, 5) is 15.3. The number of thiazole rings is 1. The van der Waals surface area contributed by atoms with Crippen LogP contribution in [0.5, 0.6) is 0 Å². The number of carboxylic acids is 1. The molecule has 0 saturated heterocycles. The Kier molecular flexibility index (Phi) is 3.70. The van der Waals surface area contributed by atoms with Crippen LogP contribution in [0.4, 0.5) is 0 Å². The van der Waals surface area contributed by atoms with Crippen molar-refractivity contribution in [1.82, 2.24) is 14.8 Å². The maximum atomic E-state index is 11.2. The van der Waals surface area contributed by atoms with Gasteiger partial charge in [0.25, 0.3) is 0 Å². The highest BCUT2D eigenvalue weighted by Crippen LogP contribution is 2.34. The van der Waals surface area contributed by atoms with Crippen LogP contribution in [0.15, 0.2) is 58.7 Å². The molecule has 0 aliphatic carbocycles. The van der Waals surface area contributed by atoms with Crippen LogP contribution in [0.1, 0.15) is 16.1 Å². The first-order valence-electron chi connectivity index (χ1n) is 7.52. The third kappa shape index (κ3) is 2.64. The Bertz CT molecular complexity index is 1030. The van der Waals surface area contributed by atoms with Gasteiger partial charge in [-0.2, -0.15) is 5.10 Å². The molecule has 3 aromatic heterocycles. The van der Waals surface area contributed by atoms with Crippen LogP contribution in [-0.2, 0) is 0 Å². The molecular weight excluding hydrogens is 338 g/mol. The number of rotatable bonds is 4. The predicted molar refractivity (Wildman–Crippen MR) is 94.1 cm³/mol. The fraction of sp³-hybridized carbons (Fsp3) is 0.0556. The maximum Gasteiger partial charge on any atom is 0.355 e. The molecule has 25 heavy (non-hydrogen) atoms. The van der Waals surface area contributed by atoms with Crippen molar-refractivity contribution in [3.05, 3.63) is 65.6 Å². The molecule has 0 atom stereocenters. The number of aromatic nitrogens is 3. The van der Waals surface area contributed by atoms with E-state index < -0.39 is 5.97 Å². The Morgan fingerprint density at radius 2 is 2.00 bits per heavy atom. The average Bonchev–Trinajstić information content (AvgIpc) is 3.34. The molecule has 0 radical (unpaired) electrons. The molecule has 124 valence electrons. The third-order valence-corrected chi connectivity index (χ3v) is 4.67. The quantitative estimate of drug-likeness (QED) is 0.594. The first-order valence-corrected chi connectivity index (χ1v) is 8.40. The number of nitrogens with zero attached hydrogens (tertiary/aromatic N) is 3. The van der Waals surface area contributed by atoms with Crippen molar-refractivity contribution in [3.8, 4) is 27.6 Å². The largest absolute Gasteiger partial charge is 0.476 e. The fourth-order valence-electron chi connectivity index (χ4n) is 2.70. The van der Waals surface area contributed by atoms with Gasteiger partial charge in [-0.05, 0) is 13.0 Å². The summed E-state index contributed by atoms with van der Waals surface area (Å²) in [6.45, 7) is 1.99. The Morgan fingerprint density at radius 1 is 1.20 bits per heavy atom. The molecule has 4 aromatic rings. The Hall–Kier alpha value is -3.19. The minimum absolute atomic E-state index is 0.00700. The third-order valence-electron chi connectivity index (χ3n) is 3.86. The van der Waals surface area contributed by atoms with E-state index in [0.29, 0.717) is 5.13 Å². The number of furan rings is 1. The van der Waals surface area contributed by atoms with E-state index >= 15 is 0 Å². The van der Waals surface area contributed by atoms with E-state index in [1.165, 1.54) is 16.7 Å². The van der Waals surface area contributed by atoms with Crippen molar-refractivity contribution in [2.24, 2.45) is 0 Å². The van der Waals surface area contributed by atoms with E-state index in [1.54, 1.807) is 17.2 Å². The first kappa shape index (κ1) is 15.3. The second-order valence-corrected chi connectivity index (χ2v) is 6.27. The minimum Gasteiger partial charge on any atom is -0.476 e. The fourth-order valence-corrected chi connectivity index (χ4v) is 3.46. The van der Waals surface area contributed by atoms with Gasteiger partial charge in [0.1, 0.15) is 0 Å². The van der Waals surface area contributed by atoms with Crippen molar-refractivity contribution in [2.75, 3.05) is 0 Å². The van der Waals surface area contributed by atoms with Crippen molar-refractivity contribution in [2.45, 2.75) is 6.92 Å². The minimum atomic E-state index is -1.06. The first-order chi connectivity index (χ1) is 12.1. The lowest BCUT2D eigenvalue weighted by Gasteiger charge is -2.02. The topological polar surface area (TPSA) is 81.2 Å². The number of hydrogen-bond donors (Lipinski definition) is 1. The van der Waals surface area contributed by atoms with Crippen LogP contribution < -0.4 is 0 Å². The lowest BCUT2D eigenvalue weighted by Crippen LogP contribution is -2.01. The van der Waals surface area contributed by atoms with Crippen LogP contribution in [0.2, 0.25) is 0 Å². The van der Waals surface area contributed by atoms with Crippen LogP contribution >= 0.6 is 11.3 Å². The van der Waals surface area contributed by atoms with E-state index in [0.717, 1.165) is 28.1 Å². The zero-order valence-electron chi connectivity index (χ0n) is 13.2. The number of benzene rings is 1. The van der Waals surface area contributed by atoms with Gasteiger partial charge in [-0.1, -0.05) is 30.3 Å². The van der Waals surface area contributed by atoms with E-state index in [2.05, 4.69) is 4.98 Å². The summed E-state index contributed by atoms with van der Waals surface area (Å²) in [6, 6.07) is 11.7. The Balaban J connectivity index is 1.94. The summed E-state index contributed by atoms with van der Waals surface area (Å²) in [5.41, 5.74) is 4.48. The van der Waals surface area contributed by atoms with E-state index in [1.807, 2.05) is 43.3 Å². The molecule has 3 heterocycles. The molecule has 0 unspecified atom stereocenters. The summed E-state index contributed by atoms with van der Waals surface area (Å²) in [7, 11) is 0. The van der Waals surface area contributed by atoms with Crippen LogP contribution in [-0.4, -0.2) is 25.8 Å². The molecule has 7 heteroatoms. The maximum absolute atomic E-state index is 11.2. The van der Waals surface area contributed by atoms with Gasteiger partial charge in [-0.3, -0.25) is 0 Å². The number of hydrogen-bond acceptors (Lipinski definition) is 5. The van der Waals surface area contributed by atoms with Gasteiger partial charge in [-0.25, -0.2) is 14.5 Å². The highest BCUT2D eigenvalue weighted by atomic mass is 32.1. The number of carbonyl (C=O) groups is 1. The van der Waals surface area contributed by atoms with E-state index in [-0.39, 0.29) is 5.69 Å². The molecule has 0 bridgehead atoms. The van der Waals surface area contributed by atoms with Crippen LogP contribution in [0, 0.1) is 6.92 Å². The van der Waals surface area contributed by atoms with Gasteiger partial charge < -0.3 is 9.52 Å². The smallest absolute Gasteiger partial charge is 0.355 e. The molecule has 0 amide bonds. The van der Waals surface area contributed by atoms with Gasteiger partial charge in [-0.15, -0.1) is 11.3 Å². The van der Waals surface area contributed by atoms with E-state index in [9.17, 15) is 4.79 Å². The van der Waals surface area contributed by atoms with Gasteiger partial charge in [0, 0.05) is 22.1 Å². The molecular formula is C18H13N3O3S. The molecule has 4 rings (SSSR count). The summed E-state index contributed by atoms with van der Waals surface area (Å²) < 4.78 is 6.90. The molecule has 1 N–H and O–H groups in total. The summed E-state index contributed by atoms with van der Waals surface area (Å²) >= 11 is 1.24. The molecule has 0 fully saturated rings. The molecule has 0 aliphatic rings. The van der Waals surface area contributed by atoms with Crippen molar-refractivity contribution in [3.63, 3.8) is 0 Å². The zero-order valence-corrected chi connectivity index (χ0v) is 14.0. The van der Waals surface area contributed by atoms with Gasteiger partial charge in [0.15, 0.2) is 5.69 Å². The Morgan fingerprint density at radius 3 is 2.64 bits per heavy atom. The average molecular weight is 351 g/mol. The molecule has 0 spiro atoms. The zero-order chi connectivity index (χ0) is 17.4. The molecule has 6 nitrogen and oxygen atoms in total. The summed E-state index contributed by atoms with van der Waals surface area (Å²) in [5, 5.41) is 15.9. The monoisotopic (exact) mass is 351 g/mol.